The van der Waals surface area contributed by atoms with Crippen molar-refractivity contribution in [3.05, 3.63) is 29.3 Å². The van der Waals surface area contributed by atoms with Gasteiger partial charge in [0.15, 0.2) is 0 Å². The predicted octanol–water partition coefficient (Wildman–Crippen LogP) is 3.18. The van der Waals surface area contributed by atoms with Crippen molar-refractivity contribution in [2.75, 3.05) is 20.2 Å². The molecule has 5 heteroatoms. The van der Waals surface area contributed by atoms with Crippen molar-refractivity contribution in [2.24, 2.45) is 0 Å². The van der Waals surface area contributed by atoms with Gasteiger partial charge in [-0.1, -0.05) is 6.07 Å². The molecule has 1 aromatic rings. The Kier molecular flexibility index (Phi) is 3.80. The van der Waals surface area contributed by atoms with E-state index < -0.39 is 11.7 Å². The van der Waals surface area contributed by atoms with Gasteiger partial charge in [0, 0.05) is 6.54 Å². The second-order valence-corrected chi connectivity index (χ2v) is 4.49. The highest BCUT2D eigenvalue weighted by atomic mass is 19.4. The smallest absolute Gasteiger partial charge is 0.416 e. The van der Waals surface area contributed by atoms with E-state index in [1.807, 2.05) is 0 Å². The van der Waals surface area contributed by atoms with E-state index in [4.69, 9.17) is 4.74 Å². The molecule has 0 bridgehead atoms. The molecule has 2 nitrogen and oxygen atoms in total. The van der Waals surface area contributed by atoms with Crippen LogP contribution in [0, 0.1) is 0 Å². The van der Waals surface area contributed by atoms with Gasteiger partial charge in [-0.25, -0.2) is 0 Å². The molecule has 18 heavy (non-hydrogen) atoms. The van der Waals surface area contributed by atoms with Crippen molar-refractivity contribution in [3.8, 4) is 5.75 Å². The second-order valence-electron chi connectivity index (χ2n) is 4.49. The summed E-state index contributed by atoms with van der Waals surface area (Å²) in [6.45, 7) is 1.49. The third-order valence-electron chi connectivity index (χ3n) is 3.30. The lowest BCUT2D eigenvalue weighted by Gasteiger charge is -2.26. The number of benzene rings is 1. The van der Waals surface area contributed by atoms with Crippen molar-refractivity contribution in [2.45, 2.75) is 24.9 Å². The molecular weight excluding hydrogens is 243 g/mol. The van der Waals surface area contributed by atoms with Gasteiger partial charge in [-0.15, -0.1) is 0 Å². The average Bonchev–Trinajstić information content (AvgIpc) is 2.38. The molecule has 1 fully saturated rings. The van der Waals surface area contributed by atoms with Gasteiger partial charge in [0.1, 0.15) is 5.75 Å². The van der Waals surface area contributed by atoms with Crippen LogP contribution in [0.2, 0.25) is 0 Å². The Morgan fingerprint density at radius 1 is 1.33 bits per heavy atom. The van der Waals surface area contributed by atoms with E-state index in [1.165, 1.54) is 7.11 Å². The molecule has 1 aromatic carbocycles. The molecule has 0 spiro atoms. The monoisotopic (exact) mass is 259 g/mol. The van der Waals surface area contributed by atoms with Gasteiger partial charge in [0.05, 0.1) is 12.7 Å². The molecule has 1 N–H and O–H groups in total. The first-order valence-corrected chi connectivity index (χ1v) is 5.98. The summed E-state index contributed by atoms with van der Waals surface area (Å²) in [5.41, 5.74) is -0.203. The Hall–Kier alpha value is -1.23. The molecule has 0 saturated carbocycles. The molecule has 0 amide bonds. The fourth-order valence-corrected chi connectivity index (χ4v) is 2.38. The summed E-state index contributed by atoms with van der Waals surface area (Å²) in [7, 11) is 1.37. The third kappa shape index (κ3) is 2.77. The topological polar surface area (TPSA) is 21.3 Å². The maximum atomic E-state index is 13.0. The van der Waals surface area contributed by atoms with E-state index in [0.717, 1.165) is 25.5 Å². The standard InChI is InChI=1S/C13H16F3NO/c1-18-10-4-5-11(9-3-2-6-17-8-9)12(7-10)13(14,15)16/h4-5,7,9,17H,2-3,6,8H2,1H3. The molecule has 1 unspecified atom stereocenters. The third-order valence-corrected chi connectivity index (χ3v) is 3.30. The van der Waals surface area contributed by atoms with Crippen LogP contribution in [0.1, 0.15) is 29.9 Å². The zero-order valence-electron chi connectivity index (χ0n) is 10.2. The quantitative estimate of drug-likeness (QED) is 0.880. The van der Waals surface area contributed by atoms with Gasteiger partial charge in [-0.3, -0.25) is 0 Å². The van der Waals surface area contributed by atoms with Gasteiger partial charge in [-0.05, 0) is 43.0 Å². The van der Waals surface area contributed by atoms with Crippen LogP contribution >= 0.6 is 0 Å². The van der Waals surface area contributed by atoms with Crippen LogP contribution in [0.5, 0.6) is 5.75 Å². The van der Waals surface area contributed by atoms with E-state index in [1.54, 1.807) is 12.1 Å². The Morgan fingerprint density at radius 3 is 2.67 bits per heavy atom. The van der Waals surface area contributed by atoms with Crippen LogP contribution in [-0.4, -0.2) is 20.2 Å². The molecule has 1 atom stereocenters. The average molecular weight is 259 g/mol. The first-order chi connectivity index (χ1) is 8.52. The van der Waals surface area contributed by atoms with Gasteiger partial charge in [0.25, 0.3) is 0 Å². The largest absolute Gasteiger partial charge is 0.497 e. The number of ether oxygens (including phenoxy) is 1. The number of nitrogens with one attached hydrogen (secondary N) is 1. The Balaban J connectivity index is 2.38. The zero-order chi connectivity index (χ0) is 13.2. The molecule has 0 aliphatic carbocycles. The minimum Gasteiger partial charge on any atom is -0.497 e. The van der Waals surface area contributed by atoms with Crippen molar-refractivity contribution in [1.82, 2.24) is 5.32 Å². The number of alkyl halides is 3. The van der Waals surface area contributed by atoms with Crippen molar-refractivity contribution in [1.29, 1.82) is 0 Å². The molecule has 1 aliphatic heterocycles. The number of hydrogen-bond donors (Lipinski definition) is 1. The summed E-state index contributed by atoms with van der Waals surface area (Å²) in [6, 6.07) is 4.22. The van der Waals surface area contributed by atoms with Crippen molar-refractivity contribution in [3.63, 3.8) is 0 Å². The summed E-state index contributed by atoms with van der Waals surface area (Å²) in [5.74, 6) is 0.177. The van der Waals surface area contributed by atoms with Gasteiger partial charge < -0.3 is 10.1 Å². The lowest BCUT2D eigenvalue weighted by atomic mass is 9.88. The Labute approximate surface area is 104 Å². The molecule has 0 radical (unpaired) electrons. The first-order valence-electron chi connectivity index (χ1n) is 5.98. The van der Waals surface area contributed by atoms with Crippen LogP contribution in [0.4, 0.5) is 13.2 Å². The molecule has 2 rings (SSSR count). The van der Waals surface area contributed by atoms with E-state index >= 15 is 0 Å². The van der Waals surface area contributed by atoms with Gasteiger partial charge >= 0.3 is 6.18 Å². The number of hydrogen-bond acceptors (Lipinski definition) is 2. The van der Waals surface area contributed by atoms with Gasteiger partial charge in [0.2, 0.25) is 0 Å². The maximum absolute atomic E-state index is 13.0. The van der Waals surface area contributed by atoms with E-state index in [-0.39, 0.29) is 11.7 Å². The normalized spacial score (nSPS) is 20.8. The molecule has 1 saturated heterocycles. The molecule has 1 aliphatic rings. The minimum absolute atomic E-state index is 0.0683. The summed E-state index contributed by atoms with van der Waals surface area (Å²) >= 11 is 0. The van der Waals surface area contributed by atoms with E-state index in [9.17, 15) is 13.2 Å². The van der Waals surface area contributed by atoms with Crippen LogP contribution in [0.3, 0.4) is 0 Å². The summed E-state index contributed by atoms with van der Waals surface area (Å²) in [4.78, 5) is 0. The van der Waals surface area contributed by atoms with Crippen LogP contribution in [0.15, 0.2) is 18.2 Å². The Morgan fingerprint density at radius 2 is 2.11 bits per heavy atom. The first kappa shape index (κ1) is 13.2. The second kappa shape index (κ2) is 5.18. The fourth-order valence-electron chi connectivity index (χ4n) is 2.38. The number of rotatable bonds is 2. The molecule has 100 valence electrons. The zero-order valence-corrected chi connectivity index (χ0v) is 10.2. The highest BCUT2D eigenvalue weighted by molar-refractivity contribution is 5.40. The number of methoxy groups -OCH3 is 1. The lowest BCUT2D eigenvalue weighted by Crippen LogP contribution is -2.29. The van der Waals surface area contributed by atoms with Crippen LogP contribution in [-0.2, 0) is 6.18 Å². The summed E-state index contributed by atoms with van der Waals surface area (Å²) in [6.07, 6.45) is -2.63. The van der Waals surface area contributed by atoms with E-state index in [0.29, 0.717) is 12.1 Å². The van der Waals surface area contributed by atoms with Crippen LogP contribution < -0.4 is 10.1 Å². The van der Waals surface area contributed by atoms with Crippen molar-refractivity contribution < 1.29 is 17.9 Å². The number of halogens is 3. The summed E-state index contributed by atoms with van der Waals surface area (Å²) < 4.78 is 44.0. The SMILES string of the molecule is COc1ccc(C2CCCNC2)c(C(F)(F)F)c1. The van der Waals surface area contributed by atoms with Crippen LogP contribution in [0.25, 0.3) is 0 Å². The highest BCUT2D eigenvalue weighted by Crippen LogP contribution is 2.38. The summed E-state index contributed by atoms with van der Waals surface area (Å²) in [5, 5.41) is 3.14. The number of piperidine rings is 1. The fraction of sp³-hybridized carbons (Fsp3) is 0.538. The minimum atomic E-state index is -4.33. The predicted molar refractivity (Wildman–Crippen MR) is 62.8 cm³/mol. The van der Waals surface area contributed by atoms with Crippen molar-refractivity contribution >= 4 is 0 Å². The maximum Gasteiger partial charge on any atom is 0.416 e. The highest BCUT2D eigenvalue weighted by Gasteiger charge is 2.35. The molecule has 1 heterocycles. The molecular formula is C13H16F3NO. The lowest BCUT2D eigenvalue weighted by molar-refractivity contribution is -0.138. The van der Waals surface area contributed by atoms with Gasteiger partial charge in [-0.2, -0.15) is 13.2 Å². The molecule has 0 aromatic heterocycles. The Bertz CT molecular complexity index is 411. The van der Waals surface area contributed by atoms with E-state index in [2.05, 4.69) is 5.32 Å².